The Morgan fingerprint density at radius 2 is 2.20 bits per heavy atom. The summed E-state index contributed by atoms with van der Waals surface area (Å²) in [6.45, 7) is 2.54. The molecule has 0 N–H and O–H groups in total. The van der Waals surface area contributed by atoms with Gasteiger partial charge in [0.15, 0.2) is 0 Å². The van der Waals surface area contributed by atoms with Crippen molar-refractivity contribution in [1.82, 2.24) is 19.1 Å². The van der Waals surface area contributed by atoms with E-state index in [0.29, 0.717) is 23.8 Å². The lowest BCUT2D eigenvalue weighted by Crippen LogP contribution is -2.54. The molecule has 0 unspecified atom stereocenters. The second-order valence-corrected chi connectivity index (χ2v) is 9.06. The third-order valence-electron chi connectivity index (χ3n) is 4.21. The van der Waals surface area contributed by atoms with Gasteiger partial charge in [-0.25, -0.2) is 13.4 Å². The molecule has 1 atom stereocenters. The van der Waals surface area contributed by atoms with E-state index < -0.39 is 16.1 Å². The second-order valence-electron chi connectivity index (χ2n) is 6.15. The molecule has 8 nitrogen and oxygen atoms in total. The molecule has 3 heterocycles. The number of anilines is 1. The van der Waals surface area contributed by atoms with Crippen LogP contribution in [0.4, 0.5) is 5.82 Å². The standard InChI is InChI=1S/C15H21N5O3S2/c1-11-9-14(18(2)17-11)19-7-4-5-12(15(19)21)20(25(3,22)23)10-13-16-6-8-24-13/h6,8-9,12H,4-5,7,10H2,1-3H3/t12-/m1/s1. The van der Waals surface area contributed by atoms with Gasteiger partial charge in [-0.3, -0.25) is 14.4 Å². The van der Waals surface area contributed by atoms with Crippen LogP contribution >= 0.6 is 11.3 Å². The number of rotatable bonds is 5. The molecule has 136 valence electrons. The Morgan fingerprint density at radius 3 is 2.76 bits per heavy atom. The summed E-state index contributed by atoms with van der Waals surface area (Å²) >= 11 is 1.38. The Bertz CT molecular complexity index is 860. The number of piperidine rings is 1. The Labute approximate surface area is 151 Å². The number of sulfonamides is 1. The summed E-state index contributed by atoms with van der Waals surface area (Å²) in [5, 5.41) is 6.75. The largest absolute Gasteiger partial charge is 0.296 e. The number of carbonyl (C=O) groups excluding carboxylic acids is 1. The number of hydrogen-bond donors (Lipinski definition) is 0. The van der Waals surface area contributed by atoms with E-state index in [-0.39, 0.29) is 12.5 Å². The van der Waals surface area contributed by atoms with Crippen molar-refractivity contribution in [2.75, 3.05) is 17.7 Å². The van der Waals surface area contributed by atoms with Gasteiger partial charge in [0.05, 0.1) is 18.5 Å². The van der Waals surface area contributed by atoms with Gasteiger partial charge in [-0.2, -0.15) is 9.40 Å². The fourth-order valence-corrected chi connectivity index (χ4v) is 4.83. The number of aromatic nitrogens is 3. The Balaban J connectivity index is 1.91. The first-order chi connectivity index (χ1) is 11.8. The third-order valence-corrected chi connectivity index (χ3v) is 6.21. The SMILES string of the molecule is Cc1cc(N2CCC[C@@H](N(Cc3nccs3)S(C)(=O)=O)C2=O)n(C)n1. The molecule has 1 aliphatic rings. The maximum Gasteiger partial charge on any atom is 0.246 e. The van der Waals surface area contributed by atoms with E-state index in [4.69, 9.17) is 0 Å². The van der Waals surface area contributed by atoms with Crippen molar-refractivity contribution in [3.8, 4) is 0 Å². The summed E-state index contributed by atoms with van der Waals surface area (Å²) in [5.41, 5.74) is 0.815. The van der Waals surface area contributed by atoms with Crippen molar-refractivity contribution in [2.24, 2.45) is 7.05 Å². The van der Waals surface area contributed by atoms with E-state index in [0.717, 1.165) is 18.4 Å². The molecule has 1 aliphatic heterocycles. The first-order valence-corrected chi connectivity index (χ1v) is 10.7. The van der Waals surface area contributed by atoms with E-state index in [1.165, 1.54) is 15.6 Å². The van der Waals surface area contributed by atoms with Crippen molar-refractivity contribution >= 4 is 33.1 Å². The van der Waals surface area contributed by atoms with Crippen LogP contribution < -0.4 is 4.90 Å². The van der Waals surface area contributed by atoms with E-state index in [1.54, 1.807) is 28.2 Å². The zero-order valence-electron chi connectivity index (χ0n) is 14.4. The quantitative estimate of drug-likeness (QED) is 0.773. The number of carbonyl (C=O) groups is 1. The predicted molar refractivity (Wildman–Crippen MR) is 95.8 cm³/mol. The highest BCUT2D eigenvalue weighted by Gasteiger charge is 2.39. The molecule has 25 heavy (non-hydrogen) atoms. The number of thiazole rings is 1. The molecule has 0 radical (unpaired) electrons. The molecule has 1 fully saturated rings. The number of aryl methyl sites for hydroxylation is 2. The number of nitrogens with zero attached hydrogens (tertiary/aromatic N) is 5. The predicted octanol–water partition coefficient (Wildman–Crippen LogP) is 1.14. The van der Waals surface area contributed by atoms with Crippen LogP contribution in [0.3, 0.4) is 0 Å². The van der Waals surface area contributed by atoms with Gasteiger partial charge >= 0.3 is 0 Å². The summed E-state index contributed by atoms with van der Waals surface area (Å²) in [5.74, 6) is 0.478. The minimum Gasteiger partial charge on any atom is -0.296 e. The summed E-state index contributed by atoms with van der Waals surface area (Å²) in [7, 11) is -1.77. The fraction of sp³-hybridized carbons (Fsp3) is 0.533. The average Bonchev–Trinajstić information content (AvgIpc) is 3.14. The van der Waals surface area contributed by atoms with E-state index in [1.807, 2.05) is 13.0 Å². The van der Waals surface area contributed by atoms with Gasteiger partial charge in [0.25, 0.3) is 0 Å². The Morgan fingerprint density at radius 1 is 1.44 bits per heavy atom. The van der Waals surface area contributed by atoms with E-state index >= 15 is 0 Å². The zero-order chi connectivity index (χ0) is 18.2. The van der Waals surface area contributed by atoms with E-state index in [9.17, 15) is 13.2 Å². The summed E-state index contributed by atoms with van der Waals surface area (Å²) in [4.78, 5) is 18.9. The molecule has 0 aromatic carbocycles. The van der Waals surface area contributed by atoms with Gasteiger partial charge in [0.1, 0.15) is 16.9 Å². The first kappa shape index (κ1) is 18.0. The summed E-state index contributed by atoms with van der Waals surface area (Å²) < 4.78 is 27.6. The molecule has 0 bridgehead atoms. The lowest BCUT2D eigenvalue weighted by molar-refractivity contribution is -0.123. The van der Waals surface area contributed by atoms with Crippen LogP contribution in [-0.4, -0.2) is 52.2 Å². The molecule has 10 heteroatoms. The number of amides is 1. The molecule has 0 spiro atoms. The number of hydrogen-bond acceptors (Lipinski definition) is 6. The normalized spacial score (nSPS) is 19.0. The maximum atomic E-state index is 13.1. The lowest BCUT2D eigenvalue weighted by Gasteiger charge is -2.36. The second kappa shape index (κ2) is 6.85. The van der Waals surface area contributed by atoms with Gasteiger partial charge in [0, 0.05) is 31.2 Å². The molecule has 2 aromatic rings. The molecule has 0 saturated carbocycles. The van der Waals surface area contributed by atoms with Crippen molar-refractivity contribution < 1.29 is 13.2 Å². The van der Waals surface area contributed by atoms with Crippen molar-refractivity contribution in [2.45, 2.75) is 32.4 Å². The topological polar surface area (TPSA) is 88.4 Å². The van der Waals surface area contributed by atoms with Crippen LogP contribution in [0.1, 0.15) is 23.5 Å². The highest BCUT2D eigenvalue weighted by molar-refractivity contribution is 7.88. The van der Waals surface area contributed by atoms with Gasteiger partial charge < -0.3 is 0 Å². The summed E-state index contributed by atoms with van der Waals surface area (Å²) in [6.07, 6.45) is 4.00. The lowest BCUT2D eigenvalue weighted by atomic mass is 10.0. The third kappa shape index (κ3) is 3.75. The minimum atomic E-state index is -3.55. The van der Waals surface area contributed by atoms with Gasteiger partial charge in [0.2, 0.25) is 15.9 Å². The molecule has 0 aliphatic carbocycles. The Kier molecular flexibility index (Phi) is 4.94. The zero-order valence-corrected chi connectivity index (χ0v) is 16.0. The fourth-order valence-electron chi connectivity index (χ4n) is 3.12. The summed E-state index contributed by atoms with van der Waals surface area (Å²) in [6, 6.07) is 1.12. The monoisotopic (exact) mass is 383 g/mol. The van der Waals surface area contributed by atoms with Crippen LogP contribution in [-0.2, 0) is 28.4 Å². The van der Waals surface area contributed by atoms with Gasteiger partial charge in [-0.1, -0.05) is 0 Å². The average molecular weight is 383 g/mol. The minimum absolute atomic E-state index is 0.116. The smallest absolute Gasteiger partial charge is 0.246 e. The van der Waals surface area contributed by atoms with Gasteiger partial charge in [-0.05, 0) is 19.8 Å². The van der Waals surface area contributed by atoms with Crippen LogP contribution in [0.2, 0.25) is 0 Å². The molecule has 3 rings (SSSR count). The van der Waals surface area contributed by atoms with Gasteiger partial charge in [-0.15, -0.1) is 11.3 Å². The van der Waals surface area contributed by atoms with Crippen molar-refractivity contribution in [3.63, 3.8) is 0 Å². The molecule has 1 saturated heterocycles. The van der Waals surface area contributed by atoms with Crippen LogP contribution in [0.15, 0.2) is 17.6 Å². The highest BCUT2D eigenvalue weighted by Crippen LogP contribution is 2.26. The Hall–Kier alpha value is -1.78. The van der Waals surface area contributed by atoms with E-state index in [2.05, 4.69) is 10.1 Å². The van der Waals surface area contributed by atoms with Crippen LogP contribution in [0, 0.1) is 6.92 Å². The maximum absolute atomic E-state index is 13.1. The van der Waals surface area contributed by atoms with Crippen LogP contribution in [0.25, 0.3) is 0 Å². The van der Waals surface area contributed by atoms with Crippen molar-refractivity contribution in [3.05, 3.63) is 28.3 Å². The van der Waals surface area contributed by atoms with Crippen molar-refractivity contribution in [1.29, 1.82) is 0 Å². The molecular weight excluding hydrogens is 362 g/mol. The highest BCUT2D eigenvalue weighted by atomic mass is 32.2. The van der Waals surface area contributed by atoms with Crippen LogP contribution in [0.5, 0.6) is 0 Å². The molecular formula is C15H21N5O3S2. The molecule has 2 aromatic heterocycles. The molecule has 1 amide bonds. The first-order valence-electron chi connectivity index (χ1n) is 7.94.